The molecule has 5 heteroatoms. The topological polar surface area (TPSA) is 41.6 Å². The van der Waals surface area contributed by atoms with Crippen molar-refractivity contribution in [3.8, 4) is 0 Å². The molecule has 0 aromatic heterocycles. The zero-order chi connectivity index (χ0) is 17.5. The number of carbonyl (C=O) groups excluding carboxylic acids is 1. The predicted octanol–water partition coefficient (Wildman–Crippen LogP) is 3.31. The maximum Gasteiger partial charge on any atom is 0.223 e. The van der Waals surface area contributed by atoms with Crippen LogP contribution in [0.15, 0.2) is 0 Å². The molecule has 1 N–H and O–H groups in total. The highest BCUT2D eigenvalue weighted by atomic mass is 32.2. The quantitative estimate of drug-likeness (QED) is 0.749. The van der Waals surface area contributed by atoms with Gasteiger partial charge in [-0.15, -0.1) is 0 Å². The zero-order valence-electron chi connectivity index (χ0n) is 15.9. The normalized spacial score (nSPS) is 34.1. The number of thioether (sulfide) groups is 1. The maximum atomic E-state index is 12.7. The number of unbranched alkanes of at least 4 members (excludes halogenated alkanes) is 1. The molecule has 3 aliphatic rings. The SMILES string of the molecule is CCCCC1CCC(C(=O)NCC2(N3CCOCC3)CCSC2)CC1. The third-order valence-corrected chi connectivity index (χ3v) is 7.77. The molecule has 0 spiro atoms. The number of amides is 1. The van der Waals surface area contributed by atoms with Gasteiger partial charge in [-0.1, -0.05) is 26.2 Å². The van der Waals surface area contributed by atoms with Gasteiger partial charge in [-0.3, -0.25) is 9.69 Å². The van der Waals surface area contributed by atoms with E-state index >= 15 is 0 Å². The van der Waals surface area contributed by atoms with E-state index in [9.17, 15) is 4.79 Å². The second kappa shape index (κ2) is 9.61. The zero-order valence-corrected chi connectivity index (χ0v) is 16.7. The molecule has 0 aromatic rings. The Morgan fingerprint density at radius 2 is 2.00 bits per heavy atom. The summed E-state index contributed by atoms with van der Waals surface area (Å²) in [5, 5.41) is 3.36. The molecule has 25 heavy (non-hydrogen) atoms. The standard InChI is InChI=1S/C20H36N2O2S/c1-2-3-4-17-5-7-18(8-6-17)19(23)21-15-20(9-14-25-16-20)22-10-12-24-13-11-22/h17-18H,2-16H2,1H3,(H,21,23). The first kappa shape index (κ1) is 19.5. The van der Waals surface area contributed by atoms with Gasteiger partial charge in [0, 0.05) is 36.8 Å². The molecule has 1 atom stereocenters. The van der Waals surface area contributed by atoms with Crippen molar-refractivity contribution in [2.75, 3.05) is 44.4 Å². The van der Waals surface area contributed by atoms with Crippen LogP contribution in [0.3, 0.4) is 0 Å². The van der Waals surface area contributed by atoms with Crippen molar-refractivity contribution in [1.29, 1.82) is 0 Å². The Balaban J connectivity index is 1.46. The third-order valence-electron chi connectivity index (χ3n) is 6.54. The minimum atomic E-state index is 0.169. The monoisotopic (exact) mass is 368 g/mol. The van der Waals surface area contributed by atoms with Crippen LogP contribution in [0.5, 0.6) is 0 Å². The molecule has 0 aromatic carbocycles. The van der Waals surface area contributed by atoms with E-state index in [2.05, 4.69) is 17.1 Å². The molecule has 144 valence electrons. The molecular formula is C20H36N2O2S. The van der Waals surface area contributed by atoms with Crippen LogP contribution in [-0.4, -0.2) is 60.7 Å². The van der Waals surface area contributed by atoms with Crippen molar-refractivity contribution in [3.63, 3.8) is 0 Å². The summed E-state index contributed by atoms with van der Waals surface area (Å²) < 4.78 is 5.53. The molecule has 0 radical (unpaired) electrons. The summed E-state index contributed by atoms with van der Waals surface area (Å²) in [6.07, 6.45) is 9.90. The van der Waals surface area contributed by atoms with Gasteiger partial charge in [0.25, 0.3) is 0 Å². The van der Waals surface area contributed by atoms with Gasteiger partial charge in [0.2, 0.25) is 5.91 Å². The highest BCUT2D eigenvalue weighted by molar-refractivity contribution is 7.99. The van der Waals surface area contributed by atoms with E-state index < -0.39 is 0 Å². The first-order chi connectivity index (χ1) is 12.2. The summed E-state index contributed by atoms with van der Waals surface area (Å²) in [5.41, 5.74) is 0.169. The van der Waals surface area contributed by atoms with Gasteiger partial charge >= 0.3 is 0 Å². The molecule has 3 fully saturated rings. The molecule has 1 unspecified atom stereocenters. The van der Waals surface area contributed by atoms with Crippen LogP contribution in [0.25, 0.3) is 0 Å². The number of ether oxygens (including phenoxy) is 1. The minimum Gasteiger partial charge on any atom is -0.379 e. The van der Waals surface area contributed by atoms with Crippen LogP contribution in [0, 0.1) is 11.8 Å². The van der Waals surface area contributed by atoms with E-state index in [1.165, 1.54) is 44.3 Å². The maximum absolute atomic E-state index is 12.7. The lowest BCUT2D eigenvalue weighted by Gasteiger charge is -2.43. The van der Waals surface area contributed by atoms with E-state index in [0.717, 1.165) is 57.4 Å². The molecule has 2 aliphatic heterocycles. The Morgan fingerprint density at radius 3 is 2.64 bits per heavy atom. The molecular weight excluding hydrogens is 332 g/mol. The Labute approximate surface area is 157 Å². The highest BCUT2D eigenvalue weighted by Gasteiger charge is 2.41. The lowest BCUT2D eigenvalue weighted by Crippen LogP contribution is -2.59. The van der Waals surface area contributed by atoms with Crippen LogP contribution in [0.4, 0.5) is 0 Å². The van der Waals surface area contributed by atoms with Crippen LogP contribution >= 0.6 is 11.8 Å². The van der Waals surface area contributed by atoms with Crippen molar-refractivity contribution in [3.05, 3.63) is 0 Å². The molecule has 0 bridgehead atoms. The number of nitrogens with one attached hydrogen (secondary N) is 1. The van der Waals surface area contributed by atoms with Crippen LogP contribution < -0.4 is 5.32 Å². The number of hydrogen-bond donors (Lipinski definition) is 1. The van der Waals surface area contributed by atoms with E-state index in [1.807, 2.05) is 11.8 Å². The van der Waals surface area contributed by atoms with E-state index in [4.69, 9.17) is 4.74 Å². The second-order valence-corrected chi connectivity index (χ2v) is 9.31. The number of rotatable bonds is 7. The van der Waals surface area contributed by atoms with Crippen molar-refractivity contribution < 1.29 is 9.53 Å². The van der Waals surface area contributed by atoms with Gasteiger partial charge in [0.05, 0.1) is 13.2 Å². The largest absolute Gasteiger partial charge is 0.379 e. The van der Waals surface area contributed by atoms with Crippen molar-refractivity contribution >= 4 is 17.7 Å². The van der Waals surface area contributed by atoms with Gasteiger partial charge in [0.1, 0.15) is 0 Å². The fourth-order valence-corrected chi connectivity index (χ4v) is 6.21. The Kier molecular flexibility index (Phi) is 7.50. The average Bonchev–Trinajstić information content (AvgIpc) is 3.16. The number of nitrogens with zero attached hydrogens (tertiary/aromatic N) is 1. The van der Waals surface area contributed by atoms with Crippen molar-refractivity contribution in [2.24, 2.45) is 11.8 Å². The van der Waals surface area contributed by atoms with E-state index in [1.54, 1.807) is 0 Å². The summed E-state index contributed by atoms with van der Waals surface area (Å²) in [6.45, 7) is 6.79. The first-order valence-corrected chi connectivity index (χ1v) is 11.6. The number of hydrogen-bond acceptors (Lipinski definition) is 4. The Morgan fingerprint density at radius 1 is 1.24 bits per heavy atom. The second-order valence-electron chi connectivity index (χ2n) is 8.20. The fraction of sp³-hybridized carbons (Fsp3) is 0.950. The van der Waals surface area contributed by atoms with Crippen molar-refractivity contribution in [2.45, 2.75) is 63.8 Å². The first-order valence-electron chi connectivity index (χ1n) is 10.4. The van der Waals surface area contributed by atoms with Crippen molar-refractivity contribution in [1.82, 2.24) is 10.2 Å². The Hall–Kier alpha value is -0.260. The van der Waals surface area contributed by atoms with Crippen LogP contribution in [-0.2, 0) is 9.53 Å². The fourth-order valence-electron chi connectivity index (χ4n) is 4.74. The summed E-state index contributed by atoms with van der Waals surface area (Å²) >= 11 is 2.04. The lowest BCUT2D eigenvalue weighted by molar-refractivity contribution is -0.127. The predicted molar refractivity (Wildman–Crippen MR) is 105 cm³/mol. The van der Waals surface area contributed by atoms with E-state index in [0.29, 0.717) is 5.91 Å². The molecule has 1 saturated carbocycles. The summed E-state index contributed by atoms with van der Waals surface area (Å²) in [4.78, 5) is 15.3. The molecule has 2 saturated heterocycles. The summed E-state index contributed by atoms with van der Waals surface area (Å²) in [7, 11) is 0. The van der Waals surface area contributed by atoms with Crippen LogP contribution in [0.2, 0.25) is 0 Å². The lowest BCUT2D eigenvalue weighted by atomic mass is 9.79. The summed E-state index contributed by atoms with van der Waals surface area (Å²) in [5.74, 6) is 3.81. The Bertz CT molecular complexity index is 412. The van der Waals surface area contributed by atoms with Crippen LogP contribution in [0.1, 0.15) is 58.3 Å². The smallest absolute Gasteiger partial charge is 0.223 e. The van der Waals surface area contributed by atoms with Gasteiger partial charge < -0.3 is 10.1 Å². The number of morpholine rings is 1. The third kappa shape index (κ3) is 5.14. The average molecular weight is 369 g/mol. The van der Waals surface area contributed by atoms with Gasteiger partial charge in [0.15, 0.2) is 0 Å². The highest BCUT2D eigenvalue weighted by Crippen LogP contribution is 2.35. The van der Waals surface area contributed by atoms with E-state index in [-0.39, 0.29) is 11.5 Å². The molecule has 1 aliphatic carbocycles. The van der Waals surface area contributed by atoms with Gasteiger partial charge in [-0.25, -0.2) is 0 Å². The summed E-state index contributed by atoms with van der Waals surface area (Å²) in [6, 6.07) is 0. The molecule has 3 rings (SSSR count). The molecule has 1 amide bonds. The molecule has 4 nitrogen and oxygen atoms in total. The van der Waals surface area contributed by atoms with Gasteiger partial charge in [-0.2, -0.15) is 11.8 Å². The number of carbonyl (C=O) groups is 1. The molecule has 2 heterocycles. The van der Waals surface area contributed by atoms with Gasteiger partial charge in [-0.05, 0) is 43.8 Å². The minimum absolute atomic E-state index is 0.169.